The molecule has 0 N–H and O–H groups in total. The van der Waals surface area contributed by atoms with Crippen LogP contribution in [0.2, 0.25) is 0 Å². The molecule has 0 radical (unpaired) electrons. The highest BCUT2D eigenvalue weighted by Crippen LogP contribution is 2.03. The lowest BCUT2D eigenvalue weighted by molar-refractivity contribution is -0.140. The predicted molar refractivity (Wildman–Crippen MR) is 69.5 cm³/mol. The Morgan fingerprint density at radius 1 is 1.28 bits per heavy atom. The molecule has 1 aromatic rings. The van der Waals surface area contributed by atoms with Gasteiger partial charge >= 0.3 is 11.9 Å². The number of hydrogen-bond donors (Lipinski definition) is 0. The molecule has 5 nitrogen and oxygen atoms in total. The van der Waals surface area contributed by atoms with E-state index in [-0.39, 0.29) is 11.9 Å². The molecule has 96 valence electrons. The topological polar surface area (TPSA) is 65.0 Å². The molecule has 0 spiro atoms. The second-order valence-electron chi connectivity index (χ2n) is 3.28. The van der Waals surface area contributed by atoms with Crippen LogP contribution in [0.5, 0.6) is 0 Å². The zero-order chi connectivity index (χ0) is 13.4. The van der Waals surface area contributed by atoms with Crippen molar-refractivity contribution in [2.75, 3.05) is 11.9 Å². The first-order valence-electron chi connectivity index (χ1n) is 5.15. The summed E-state index contributed by atoms with van der Waals surface area (Å²) in [6.45, 7) is 1.19. The summed E-state index contributed by atoms with van der Waals surface area (Å²) in [7, 11) is 0. The molecule has 0 aliphatic rings. The quantitative estimate of drug-likeness (QED) is 0.274. The van der Waals surface area contributed by atoms with Gasteiger partial charge in [0.15, 0.2) is 0 Å². The highest BCUT2D eigenvalue weighted by Gasteiger charge is 2.08. The van der Waals surface area contributed by atoms with Gasteiger partial charge in [0.2, 0.25) is 0 Å². The summed E-state index contributed by atoms with van der Waals surface area (Å²) in [5.41, 5.74) is 1.10. The predicted octanol–water partition coefficient (Wildman–Crippen LogP) is 1.89. The summed E-state index contributed by atoms with van der Waals surface area (Å²) >= 11 is 2.98. The monoisotopic (exact) mass is 313 g/mol. The molecule has 0 fully saturated rings. The van der Waals surface area contributed by atoms with Crippen molar-refractivity contribution >= 4 is 33.6 Å². The van der Waals surface area contributed by atoms with Crippen LogP contribution in [0.3, 0.4) is 0 Å². The van der Waals surface area contributed by atoms with E-state index in [1.807, 2.05) is 18.2 Å². The lowest BCUT2D eigenvalue weighted by atomic mass is 10.1. The second kappa shape index (κ2) is 7.60. The van der Waals surface area contributed by atoms with Crippen LogP contribution in [0.25, 0.3) is 0 Å². The fraction of sp³-hybridized carbons (Fsp3) is 0.250. The Bertz CT molecular complexity index is 445. The minimum atomic E-state index is -0.532. The normalized spacial score (nSPS) is 10.9. The average Bonchev–Trinajstić information content (AvgIpc) is 2.39. The molecule has 1 aromatic carbocycles. The lowest BCUT2D eigenvalue weighted by Gasteiger charge is -2.06. The third-order valence-electron chi connectivity index (χ3n) is 1.87. The summed E-state index contributed by atoms with van der Waals surface area (Å²) in [5.74, 6) is -0.947. The fourth-order valence-corrected chi connectivity index (χ4v) is 1.26. The van der Waals surface area contributed by atoms with Crippen molar-refractivity contribution in [1.82, 2.24) is 0 Å². The number of rotatable bonds is 5. The first-order chi connectivity index (χ1) is 8.63. The van der Waals surface area contributed by atoms with Gasteiger partial charge < -0.3 is 9.57 Å². The first kappa shape index (κ1) is 14.4. The smallest absolute Gasteiger partial charge is 0.331 e. The molecule has 0 atom stereocenters. The van der Waals surface area contributed by atoms with Gasteiger partial charge in [-0.1, -0.05) is 51.4 Å². The summed E-state index contributed by atoms with van der Waals surface area (Å²) in [6.07, 6.45) is 0. The Hall–Kier alpha value is -1.69. The van der Waals surface area contributed by atoms with E-state index >= 15 is 0 Å². The molecule has 0 amide bonds. The number of esters is 1. The molecule has 0 aromatic heterocycles. The van der Waals surface area contributed by atoms with Gasteiger partial charge in [0.1, 0.15) is 17.6 Å². The standard InChI is InChI=1S/C12H12BrNO4/c1-9(15)18-14-11(8-17-12(16)7-13)10-5-3-2-4-6-10/h2-6H,7-8H2,1H3/b14-11+. The first-order valence-corrected chi connectivity index (χ1v) is 6.27. The molecule has 6 heteroatoms. The average molecular weight is 314 g/mol. The highest BCUT2D eigenvalue weighted by molar-refractivity contribution is 9.09. The molecule has 0 bridgehead atoms. The number of alkyl halides is 1. The minimum Gasteiger partial charge on any atom is -0.458 e. The van der Waals surface area contributed by atoms with Crippen molar-refractivity contribution in [1.29, 1.82) is 0 Å². The van der Waals surface area contributed by atoms with Crippen LogP contribution in [0.1, 0.15) is 12.5 Å². The van der Waals surface area contributed by atoms with Gasteiger partial charge in [0.05, 0.1) is 0 Å². The van der Waals surface area contributed by atoms with Crippen LogP contribution in [-0.2, 0) is 19.2 Å². The SMILES string of the molecule is CC(=O)O/N=C(\COC(=O)CBr)c1ccccc1. The third-order valence-corrected chi connectivity index (χ3v) is 2.33. The third kappa shape index (κ3) is 5.09. The Morgan fingerprint density at radius 3 is 2.50 bits per heavy atom. The van der Waals surface area contributed by atoms with E-state index in [2.05, 4.69) is 25.9 Å². The number of hydrogen-bond acceptors (Lipinski definition) is 5. The van der Waals surface area contributed by atoms with Crippen molar-refractivity contribution in [2.45, 2.75) is 6.92 Å². The number of ether oxygens (including phenoxy) is 1. The van der Waals surface area contributed by atoms with Gasteiger partial charge in [-0.2, -0.15) is 0 Å². The van der Waals surface area contributed by atoms with Crippen molar-refractivity contribution < 1.29 is 19.2 Å². The van der Waals surface area contributed by atoms with Crippen LogP contribution in [0, 0.1) is 0 Å². The van der Waals surface area contributed by atoms with E-state index in [0.29, 0.717) is 5.71 Å². The highest BCUT2D eigenvalue weighted by atomic mass is 79.9. The number of nitrogens with zero attached hydrogens (tertiary/aromatic N) is 1. The van der Waals surface area contributed by atoms with Crippen molar-refractivity contribution in [2.24, 2.45) is 5.16 Å². The maximum Gasteiger partial charge on any atom is 0.331 e. The minimum absolute atomic E-state index is 0.0538. The van der Waals surface area contributed by atoms with Crippen molar-refractivity contribution in [3.05, 3.63) is 35.9 Å². The zero-order valence-electron chi connectivity index (χ0n) is 9.76. The zero-order valence-corrected chi connectivity index (χ0v) is 11.3. The summed E-state index contributed by atoms with van der Waals surface area (Å²) < 4.78 is 4.93. The van der Waals surface area contributed by atoms with Gasteiger partial charge in [0, 0.05) is 12.5 Å². The Morgan fingerprint density at radius 2 is 1.94 bits per heavy atom. The van der Waals surface area contributed by atoms with Crippen LogP contribution >= 0.6 is 15.9 Å². The molecule has 18 heavy (non-hydrogen) atoms. The molecule has 0 saturated carbocycles. The maximum atomic E-state index is 11.1. The Balaban J connectivity index is 2.79. The van der Waals surface area contributed by atoms with E-state index in [4.69, 9.17) is 4.74 Å². The Kier molecular flexibility index (Phi) is 6.07. The molecule has 1 rings (SSSR count). The number of carbonyl (C=O) groups is 2. The molecule has 0 aliphatic heterocycles. The van der Waals surface area contributed by atoms with Gasteiger partial charge in [-0.05, 0) is 0 Å². The van der Waals surface area contributed by atoms with E-state index in [9.17, 15) is 9.59 Å². The van der Waals surface area contributed by atoms with Crippen LogP contribution in [-0.4, -0.2) is 29.6 Å². The molecular weight excluding hydrogens is 302 g/mol. The fourth-order valence-electron chi connectivity index (χ4n) is 1.10. The largest absolute Gasteiger partial charge is 0.458 e. The van der Waals surface area contributed by atoms with Gasteiger partial charge in [0.25, 0.3) is 0 Å². The Labute approximate surface area is 113 Å². The summed E-state index contributed by atoms with van der Waals surface area (Å²) in [4.78, 5) is 26.4. The number of benzene rings is 1. The van der Waals surface area contributed by atoms with Crippen LogP contribution < -0.4 is 0 Å². The summed E-state index contributed by atoms with van der Waals surface area (Å²) in [5, 5.41) is 3.77. The number of carbonyl (C=O) groups excluding carboxylic acids is 2. The van der Waals surface area contributed by atoms with E-state index in [0.717, 1.165) is 5.56 Å². The number of halogens is 1. The molecule has 0 aliphatic carbocycles. The second-order valence-corrected chi connectivity index (χ2v) is 3.84. The maximum absolute atomic E-state index is 11.1. The van der Waals surface area contributed by atoms with Gasteiger partial charge in [-0.25, -0.2) is 4.79 Å². The number of oxime groups is 1. The van der Waals surface area contributed by atoms with Gasteiger partial charge in [-0.3, -0.25) is 4.79 Å². The van der Waals surface area contributed by atoms with E-state index in [1.165, 1.54) is 6.92 Å². The van der Waals surface area contributed by atoms with Crippen molar-refractivity contribution in [3.8, 4) is 0 Å². The molecule has 0 heterocycles. The summed E-state index contributed by atoms with van der Waals surface area (Å²) in [6, 6.07) is 9.03. The van der Waals surface area contributed by atoms with Crippen molar-refractivity contribution in [3.63, 3.8) is 0 Å². The molecule has 0 unspecified atom stereocenters. The van der Waals surface area contributed by atoms with Crippen LogP contribution in [0.4, 0.5) is 0 Å². The van der Waals surface area contributed by atoms with Gasteiger partial charge in [-0.15, -0.1) is 0 Å². The lowest BCUT2D eigenvalue weighted by Crippen LogP contribution is -2.16. The van der Waals surface area contributed by atoms with Crippen LogP contribution in [0.15, 0.2) is 35.5 Å². The van der Waals surface area contributed by atoms with E-state index in [1.54, 1.807) is 12.1 Å². The molecule has 0 saturated heterocycles. The van der Waals surface area contributed by atoms with E-state index < -0.39 is 11.9 Å². The molecular formula is C12H12BrNO4.